The first-order chi connectivity index (χ1) is 10.8. The molecule has 2 rings (SSSR count). The number of carbonyl (C=O) groups is 1. The largest absolute Gasteiger partial charge is 0.494 e. The molecule has 1 N–H and O–H groups in total. The molecule has 5 nitrogen and oxygen atoms in total. The van der Waals surface area contributed by atoms with Crippen molar-refractivity contribution in [2.24, 2.45) is 0 Å². The topological polar surface area (TPSA) is 50.8 Å². The maximum absolute atomic E-state index is 12.1. The molecular formula is C18H28N2O3. The van der Waals surface area contributed by atoms with Crippen molar-refractivity contribution in [1.82, 2.24) is 4.90 Å². The van der Waals surface area contributed by atoms with E-state index in [-0.39, 0.29) is 12.1 Å². The summed E-state index contributed by atoms with van der Waals surface area (Å²) >= 11 is 0. The summed E-state index contributed by atoms with van der Waals surface area (Å²) < 4.78 is 10.9. The third kappa shape index (κ3) is 5.05. The van der Waals surface area contributed by atoms with Gasteiger partial charge in [-0.15, -0.1) is 0 Å². The molecule has 1 saturated heterocycles. The van der Waals surface area contributed by atoms with Gasteiger partial charge in [-0.2, -0.15) is 0 Å². The third-order valence-electron chi connectivity index (χ3n) is 3.71. The summed E-state index contributed by atoms with van der Waals surface area (Å²) in [6.07, 6.45) is 0.691. The molecule has 1 heterocycles. The van der Waals surface area contributed by atoms with Gasteiger partial charge in [-0.25, -0.2) is 4.79 Å². The van der Waals surface area contributed by atoms with Gasteiger partial charge in [0.1, 0.15) is 11.4 Å². The highest BCUT2D eigenvalue weighted by molar-refractivity contribution is 5.68. The van der Waals surface area contributed by atoms with Crippen LogP contribution in [-0.4, -0.2) is 42.3 Å². The first-order valence-corrected chi connectivity index (χ1v) is 8.26. The molecule has 0 radical (unpaired) electrons. The van der Waals surface area contributed by atoms with Gasteiger partial charge in [-0.3, -0.25) is 0 Å². The maximum atomic E-state index is 12.1. The molecule has 0 aromatic heterocycles. The first kappa shape index (κ1) is 17.4. The van der Waals surface area contributed by atoms with Gasteiger partial charge in [-0.1, -0.05) is 0 Å². The van der Waals surface area contributed by atoms with Crippen molar-refractivity contribution in [3.05, 3.63) is 23.8 Å². The normalized spacial score (nSPS) is 18.0. The SMILES string of the molecule is CCOc1ccc(NC2CCN(C(=O)OC(C)(C)C)C2)c(C)c1. The van der Waals surface area contributed by atoms with E-state index in [1.54, 1.807) is 4.90 Å². The predicted molar refractivity (Wildman–Crippen MR) is 92.2 cm³/mol. The Morgan fingerprint density at radius 2 is 2.13 bits per heavy atom. The molecule has 0 aliphatic carbocycles. The number of rotatable bonds is 4. The zero-order valence-corrected chi connectivity index (χ0v) is 14.8. The number of aryl methyl sites for hydroxylation is 1. The van der Waals surface area contributed by atoms with E-state index in [2.05, 4.69) is 12.2 Å². The Bertz CT molecular complexity index is 552. The van der Waals surface area contributed by atoms with Gasteiger partial charge >= 0.3 is 6.09 Å². The molecular weight excluding hydrogens is 292 g/mol. The standard InChI is InChI=1S/C18H28N2O3/c1-6-22-15-7-8-16(13(2)11-15)19-14-9-10-20(12-14)17(21)23-18(3,4)5/h7-8,11,14,19H,6,9-10,12H2,1-5H3. The molecule has 1 fully saturated rings. The van der Waals surface area contributed by atoms with Gasteiger partial charge in [0.05, 0.1) is 6.61 Å². The number of likely N-dealkylation sites (tertiary alicyclic amines) is 1. The number of nitrogens with zero attached hydrogens (tertiary/aromatic N) is 1. The van der Waals surface area contributed by atoms with Crippen LogP contribution >= 0.6 is 0 Å². The van der Waals surface area contributed by atoms with E-state index in [1.807, 2.05) is 45.9 Å². The van der Waals surface area contributed by atoms with Crippen molar-refractivity contribution >= 4 is 11.8 Å². The lowest BCUT2D eigenvalue weighted by Gasteiger charge is -2.24. The Labute approximate surface area is 139 Å². The summed E-state index contributed by atoms with van der Waals surface area (Å²) in [5, 5.41) is 3.52. The lowest BCUT2D eigenvalue weighted by atomic mass is 10.1. The minimum atomic E-state index is -0.450. The molecule has 5 heteroatoms. The zero-order valence-electron chi connectivity index (χ0n) is 14.8. The number of hydrogen-bond donors (Lipinski definition) is 1. The maximum Gasteiger partial charge on any atom is 0.410 e. The van der Waals surface area contributed by atoms with Crippen molar-refractivity contribution in [3.8, 4) is 5.75 Å². The van der Waals surface area contributed by atoms with Crippen LogP contribution in [0.5, 0.6) is 5.75 Å². The number of benzene rings is 1. The van der Waals surface area contributed by atoms with Gasteiger partial charge in [0.2, 0.25) is 0 Å². The van der Waals surface area contributed by atoms with Crippen LogP contribution in [-0.2, 0) is 4.74 Å². The first-order valence-electron chi connectivity index (χ1n) is 8.26. The molecule has 1 aliphatic rings. The fourth-order valence-corrected chi connectivity index (χ4v) is 2.64. The van der Waals surface area contributed by atoms with Gasteiger partial charge in [0, 0.05) is 24.8 Å². The number of hydrogen-bond acceptors (Lipinski definition) is 4. The monoisotopic (exact) mass is 320 g/mol. The number of carbonyl (C=O) groups excluding carboxylic acids is 1. The van der Waals surface area contributed by atoms with E-state index in [0.717, 1.165) is 30.0 Å². The van der Waals surface area contributed by atoms with Crippen LogP contribution < -0.4 is 10.1 Å². The predicted octanol–water partition coefficient (Wildman–Crippen LogP) is 3.82. The Morgan fingerprint density at radius 3 is 2.74 bits per heavy atom. The summed E-state index contributed by atoms with van der Waals surface area (Å²) in [5.74, 6) is 0.886. The molecule has 1 aromatic rings. The molecule has 1 atom stereocenters. The fraction of sp³-hybridized carbons (Fsp3) is 0.611. The van der Waals surface area contributed by atoms with Crippen molar-refractivity contribution in [2.45, 2.75) is 52.7 Å². The van der Waals surface area contributed by atoms with Gasteiger partial charge in [0.15, 0.2) is 0 Å². The van der Waals surface area contributed by atoms with Gasteiger partial charge < -0.3 is 19.7 Å². The average Bonchev–Trinajstić information content (AvgIpc) is 2.89. The second kappa shape index (κ2) is 7.11. The lowest BCUT2D eigenvalue weighted by molar-refractivity contribution is 0.0293. The highest BCUT2D eigenvalue weighted by atomic mass is 16.6. The average molecular weight is 320 g/mol. The third-order valence-corrected chi connectivity index (χ3v) is 3.71. The quantitative estimate of drug-likeness (QED) is 0.916. The summed E-state index contributed by atoms with van der Waals surface area (Å²) in [6.45, 7) is 11.8. The Morgan fingerprint density at radius 1 is 1.39 bits per heavy atom. The van der Waals surface area contributed by atoms with Crippen LogP contribution in [0.25, 0.3) is 0 Å². The zero-order chi connectivity index (χ0) is 17.0. The number of nitrogens with one attached hydrogen (secondary N) is 1. The van der Waals surface area contributed by atoms with Gasteiger partial charge in [0.25, 0.3) is 0 Å². The molecule has 0 saturated carbocycles. The minimum Gasteiger partial charge on any atom is -0.494 e. The van der Waals surface area contributed by atoms with E-state index in [4.69, 9.17) is 9.47 Å². The summed E-state index contributed by atoms with van der Waals surface area (Å²) in [4.78, 5) is 13.9. The smallest absolute Gasteiger partial charge is 0.410 e. The molecule has 0 bridgehead atoms. The Kier molecular flexibility index (Phi) is 5.39. The van der Waals surface area contributed by atoms with Crippen molar-refractivity contribution in [2.75, 3.05) is 25.0 Å². The molecule has 128 valence electrons. The van der Waals surface area contributed by atoms with Crippen molar-refractivity contribution in [3.63, 3.8) is 0 Å². The highest BCUT2D eigenvalue weighted by Gasteiger charge is 2.29. The van der Waals surface area contributed by atoms with Crippen LogP contribution in [0.2, 0.25) is 0 Å². The van der Waals surface area contributed by atoms with Crippen molar-refractivity contribution < 1.29 is 14.3 Å². The fourth-order valence-electron chi connectivity index (χ4n) is 2.64. The van der Waals surface area contributed by atoms with E-state index in [9.17, 15) is 4.79 Å². The molecule has 1 amide bonds. The van der Waals surface area contributed by atoms with Crippen LogP contribution in [0.15, 0.2) is 18.2 Å². The molecule has 23 heavy (non-hydrogen) atoms. The minimum absolute atomic E-state index is 0.231. The number of amides is 1. The van der Waals surface area contributed by atoms with Crippen LogP contribution in [0.3, 0.4) is 0 Å². The molecule has 0 spiro atoms. The van der Waals surface area contributed by atoms with Crippen LogP contribution in [0.4, 0.5) is 10.5 Å². The van der Waals surface area contributed by atoms with E-state index >= 15 is 0 Å². The van der Waals surface area contributed by atoms with Crippen LogP contribution in [0, 0.1) is 6.92 Å². The Hall–Kier alpha value is -1.91. The molecule has 1 aromatic carbocycles. The van der Waals surface area contributed by atoms with Crippen molar-refractivity contribution in [1.29, 1.82) is 0 Å². The van der Waals surface area contributed by atoms with Crippen LogP contribution in [0.1, 0.15) is 39.7 Å². The second-order valence-electron chi connectivity index (χ2n) is 6.97. The molecule has 1 unspecified atom stereocenters. The van der Waals surface area contributed by atoms with E-state index < -0.39 is 5.60 Å². The summed E-state index contributed by atoms with van der Waals surface area (Å²) in [5.41, 5.74) is 1.78. The highest BCUT2D eigenvalue weighted by Crippen LogP contribution is 2.24. The second-order valence-corrected chi connectivity index (χ2v) is 6.97. The number of ether oxygens (including phenoxy) is 2. The number of anilines is 1. The lowest BCUT2D eigenvalue weighted by Crippen LogP contribution is -2.36. The van der Waals surface area contributed by atoms with E-state index in [0.29, 0.717) is 13.2 Å². The van der Waals surface area contributed by atoms with E-state index in [1.165, 1.54) is 0 Å². The Balaban J connectivity index is 1.92. The summed E-state index contributed by atoms with van der Waals surface area (Å²) in [7, 11) is 0. The summed E-state index contributed by atoms with van der Waals surface area (Å²) in [6, 6.07) is 6.29. The molecule has 1 aliphatic heterocycles. The van der Waals surface area contributed by atoms with Gasteiger partial charge in [-0.05, 0) is 64.8 Å².